The van der Waals surface area contributed by atoms with Crippen LogP contribution in [0.4, 0.5) is 0 Å². The number of hydrogen-bond donors (Lipinski definition) is 1. The number of rotatable bonds is 7. The van der Waals surface area contributed by atoms with Gasteiger partial charge < -0.3 is 33.7 Å². The number of nitrogens with one attached hydrogen (secondary N) is 1. The Balaban J connectivity index is 1.23. The van der Waals surface area contributed by atoms with Crippen LogP contribution in [0.3, 0.4) is 0 Å². The fourth-order valence-corrected chi connectivity index (χ4v) is 3.73. The lowest BCUT2D eigenvalue weighted by molar-refractivity contribution is -0.142. The van der Waals surface area contributed by atoms with Crippen molar-refractivity contribution in [1.29, 1.82) is 0 Å². The summed E-state index contributed by atoms with van der Waals surface area (Å²) in [5.41, 5.74) is 1.36. The maximum absolute atomic E-state index is 12.8. The lowest BCUT2D eigenvalue weighted by Crippen LogP contribution is -2.43. The lowest BCUT2D eigenvalue weighted by atomic mass is 10.0. The summed E-state index contributed by atoms with van der Waals surface area (Å²) in [7, 11) is 1.25. The first-order valence-corrected chi connectivity index (χ1v) is 11.0. The van der Waals surface area contributed by atoms with Crippen LogP contribution in [-0.4, -0.2) is 44.6 Å². The van der Waals surface area contributed by atoms with Gasteiger partial charge in [0.15, 0.2) is 23.0 Å². The number of amides is 1. The number of carbonyl (C=O) groups is 3. The predicted octanol–water partition coefficient (Wildman–Crippen LogP) is 2.88. The molecule has 0 fully saturated rings. The van der Waals surface area contributed by atoms with Gasteiger partial charge in [-0.1, -0.05) is 12.1 Å². The molecule has 10 heteroatoms. The Kier molecular flexibility index (Phi) is 6.31. The number of methoxy groups -OCH3 is 1. The molecule has 0 aromatic heterocycles. The summed E-state index contributed by atoms with van der Waals surface area (Å²) in [4.78, 5) is 37.6. The predicted molar refractivity (Wildman–Crippen MR) is 124 cm³/mol. The van der Waals surface area contributed by atoms with E-state index in [1.807, 2.05) is 0 Å². The van der Waals surface area contributed by atoms with Gasteiger partial charge in [0, 0.05) is 12.0 Å². The molecule has 1 amide bonds. The fraction of sp³-hybridized carbons (Fsp3) is 0.192. The number of esters is 2. The molecule has 0 bridgehead atoms. The van der Waals surface area contributed by atoms with Crippen molar-refractivity contribution in [3.63, 3.8) is 0 Å². The standard InChI is InChI=1S/C26H21NO9/c1-31-26(30)19(27-24(28)16-4-8-20-22(11-16)34-13-32-20)10-15-2-6-18(7-3-15)36-25(29)17-5-9-21-23(12-17)35-14-33-21/h2-9,11-12,19H,10,13-14H2,1H3,(H,27,28). The molecule has 3 aromatic carbocycles. The molecule has 10 nitrogen and oxygen atoms in total. The van der Waals surface area contributed by atoms with Gasteiger partial charge >= 0.3 is 11.9 Å². The second kappa shape index (κ2) is 9.87. The van der Waals surface area contributed by atoms with Crippen LogP contribution in [0.1, 0.15) is 26.3 Å². The van der Waals surface area contributed by atoms with Crippen molar-refractivity contribution < 1.29 is 42.8 Å². The Hall–Kier alpha value is -4.73. The monoisotopic (exact) mass is 491 g/mol. The largest absolute Gasteiger partial charge is 0.467 e. The Morgan fingerprint density at radius 1 is 0.806 bits per heavy atom. The molecule has 1 atom stereocenters. The summed E-state index contributed by atoms with van der Waals surface area (Å²) in [5.74, 6) is 0.780. The van der Waals surface area contributed by atoms with Crippen LogP contribution in [0.15, 0.2) is 60.7 Å². The van der Waals surface area contributed by atoms with Crippen LogP contribution in [0.25, 0.3) is 0 Å². The molecule has 3 aromatic rings. The third kappa shape index (κ3) is 4.88. The molecule has 1 N–H and O–H groups in total. The van der Waals surface area contributed by atoms with Gasteiger partial charge in [-0.25, -0.2) is 9.59 Å². The average Bonchev–Trinajstić information content (AvgIpc) is 3.57. The van der Waals surface area contributed by atoms with Crippen molar-refractivity contribution in [2.24, 2.45) is 0 Å². The molecule has 0 saturated carbocycles. The Bertz CT molecular complexity index is 1320. The normalized spacial score (nSPS) is 13.6. The zero-order chi connectivity index (χ0) is 25.1. The van der Waals surface area contributed by atoms with E-state index in [1.165, 1.54) is 7.11 Å². The highest BCUT2D eigenvalue weighted by Crippen LogP contribution is 2.33. The van der Waals surface area contributed by atoms with Gasteiger partial charge in [-0.05, 0) is 54.1 Å². The first-order valence-electron chi connectivity index (χ1n) is 11.0. The van der Waals surface area contributed by atoms with Gasteiger partial charge in [0.2, 0.25) is 13.6 Å². The van der Waals surface area contributed by atoms with Crippen molar-refractivity contribution in [3.05, 3.63) is 77.4 Å². The zero-order valence-corrected chi connectivity index (χ0v) is 19.1. The van der Waals surface area contributed by atoms with Crippen LogP contribution in [0.5, 0.6) is 28.7 Å². The molecule has 0 saturated heterocycles. The van der Waals surface area contributed by atoms with E-state index in [1.54, 1.807) is 60.7 Å². The SMILES string of the molecule is COC(=O)C(Cc1ccc(OC(=O)c2ccc3c(c2)OCO3)cc1)NC(=O)c1ccc2c(c1)OCO2. The minimum Gasteiger partial charge on any atom is -0.467 e. The smallest absolute Gasteiger partial charge is 0.343 e. The zero-order valence-electron chi connectivity index (χ0n) is 19.1. The van der Waals surface area contributed by atoms with Crippen molar-refractivity contribution in [2.75, 3.05) is 20.7 Å². The molecule has 5 rings (SSSR count). The second-order valence-electron chi connectivity index (χ2n) is 7.92. The van der Waals surface area contributed by atoms with Crippen LogP contribution in [0.2, 0.25) is 0 Å². The van der Waals surface area contributed by atoms with Gasteiger partial charge in [-0.15, -0.1) is 0 Å². The average molecular weight is 491 g/mol. The molecule has 184 valence electrons. The first-order chi connectivity index (χ1) is 17.5. The molecule has 0 aliphatic carbocycles. The van der Waals surface area contributed by atoms with E-state index < -0.39 is 23.9 Å². The highest BCUT2D eigenvalue weighted by molar-refractivity contribution is 5.97. The van der Waals surface area contributed by atoms with E-state index in [9.17, 15) is 14.4 Å². The van der Waals surface area contributed by atoms with Gasteiger partial charge in [0.1, 0.15) is 11.8 Å². The number of ether oxygens (including phenoxy) is 6. The molecule has 2 aliphatic rings. The van der Waals surface area contributed by atoms with Gasteiger partial charge in [0.25, 0.3) is 5.91 Å². The van der Waals surface area contributed by atoms with E-state index in [0.717, 1.165) is 5.56 Å². The number of benzene rings is 3. The maximum atomic E-state index is 12.8. The molecular formula is C26H21NO9. The summed E-state index contributed by atoms with van der Waals surface area (Å²) in [6.07, 6.45) is 0.166. The molecule has 2 heterocycles. The van der Waals surface area contributed by atoms with Crippen molar-refractivity contribution in [3.8, 4) is 28.7 Å². The third-order valence-corrected chi connectivity index (χ3v) is 5.61. The topological polar surface area (TPSA) is 119 Å². The molecule has 1 unspecified atom stereocenters. The Labute approximate surface area is 205 Å². The van der Waals surface area contributed by atoms with E-state index in [-0.39, 0.29) is 20.0 Å². The van der Waals surface area contributed by atoms with E-state index in [2.05, 4.69) is 5.32 Å². The molecular weight excluding hydrogens is 470 g/mol. The van der Waals surface area contributed by atoms with E-state index in [4.69, 9.17) is 28.4 Å². The quantitative estimate of drug-likeness (QED) is 0.393. The molecule has 36 heavy (non-hydrogen) atoms. The number of fused-ring (bicyclic) bond motifs is 2. The third-order valence-electron chi connectivity index (χ3n) is 5.61. The van der Waals surface area contributed by atoms with Crippen LogP contribution >= 0.6 is 0 Å². The minimum absolute atomic E-state index is 0.0905. The van der Waals surface area contributed by atoms with Crippen molar-refractivity contribution >= 4 is 17.8 Å². The van der Waals surface area contributed by atoms with Crippen LogP contribution < -0.4 is 29.0 Å². The minimum atomic E-state index is -0.935. The van der Waals surface area contributed by atoms with Crippen LogP contribution in [-0.2, 0) is 16.0 Å². The van der Waals surface area contributed by atoms with Gasteiger partial charge in [-0.3, -0.25) is 4.79 Å². The highest BCUT2D eigenvalue weighted by atomic mass is 16.7. The molecule has 2 aliphatic heterocycles. The lowest BCUT2D eigenvalue weighted by Gasteiger charge is -2.17. The van der Waals surface area contributed by atoms with Crippen molar-refractivity contribution in [2.45, 2.75) is 12.5 Å². The summed E-state index contributed by atoms with van der Waals surface area (Å²) in [5, 5.41) is 2.70. The summed E-state index contributed by atoms with van der Waals surface area (Å²) in [6, 6.07) is 15.2. The second-order valence-corrected chi connectivity index (χ2v) is 7.92. The van der Waals surface area contributed by atoms with E-state index >= 15 is 0 Å². The summed E-state index contributed by atoms with van der Waals surface area (Å²) >= 11 is 0. The van der Waals surface area contributed by atoms with Crippen molar-refractivity contribution in [1.82, 2.24) is 5.32 Å². The molecule has 0 radical (unpaired) electrons. The maximum Gasteiger partial charge on any atom is 0.343 e. The summed E-state index contributed by atoms with van der Waals surface area (Å²) in [6.45, 7) is 0.201. The van der Waals surface area contributed by atoms with Gasteiger partial charge in [0.05, 0.1) is 12.7 Å². The highest BCUT2D eigenvalue weighted by Gasteiger charge is 2.24. The summed E-state index contributed by atoms with van der Waals surface area (Å²) < 4.78 is 31.4. The van der Waals surface area contributed by atoms with Gasteiger partial charge in [-0.2, -0.15) is 0 Å². The fourth-order valence-electron chi connectivity index (χ4n) is 3.73. The first kappa shape index (κ1) is 23.0. The Morgan fingerprint density at radius 3 is 2.03 bits per heavy atom. The molecule has 0 spiro atoms. The van der Waals surface area contributed by atoms with Crippen LogP contribution in [0, 0.1) is 0 Å². The van der Waals surface area contributed by atoms with E-state index in [0.29, 0.717) is 39.9 Å². The Morgan fingerprint density at radius 2 is 1.39 bits per heavy atom. The number of carbonyl (C=O) groups excluding carboxylic acids is 3. The number of hydrogen-bond acceptors (Lipinski definition) is 9.